The van der Waals surface area contributed by atoms with Crippen LogP contribution in [0.2, 0.25) is 0 Å². The van der Waals surface area contributed by atoms with Crippen LogP contribution in [0.25, 0.3) is 0 Å². The van der Waals surface area contributed by atoms with Gasteiger partial charge in [0, 0.05) is 31.9 Å². The first kappa shape index (κ1) is 17.9. The monoisotopic (exact) mass is 331 g/mol. The summed E-state index contributed by atoms with van der Waals surface area (Å²) in [5.74, 6) is 0.184. The van der Waals surface area contributed by atoms with Crippen molar-refractivity contribution in [2.24, 2.45) is 0 Å². The SMILES string of the molecule is CC=CCN1C[C@@H](NC(=O)c2ccc(N)nc2)C[C@H]1C(=O)NCC. The largest absolute Gasteiger partial charge is 0.384 e. The van der Waals surface area contributed by atoms with Crippen LogP contribution < -0.4 is 16.4 Å². The summed E-state index contributed by atoms with van der Waals surface area (Å²) in [5.41, 5.74) is 6.00. The minimum Gasteiger partial charge on any atom is -0.384 e. The third-order valence-corrected chi connectivity index (χ3v) is 4.02. The molecule has 2 atom stereocenters. The van der Waals surface area contributed by atoms with E-state index >= 15 is 0 Å². The first-order valence-electron chi connectivity index (χ1n) is 8.20. The Hall–Kier alpha value is -2.41. The van der Waals surface area contributed by atoms with Gasteiger partial charge in [-0.05, 0) is 32.4 Å². The van der Waals surface area contributed by atoms with Gasteiger partial charge in [-0.1, -0.05) is 12.2 Å². The highest BCUT2D eigenvalue weighted by molar-refractivity contribution is 5.94. The molecule has 24 heavy (non-hydrogen) atoms. The number of nitrogens with one attached hydrogen (secondary N) is 2. The summed E-state index contributed by atoms with van der Waals surface area (Å²) in [7, 11) is 0. The molecule has 0 saturated carbocycles. The van der Waals surface area contributed by atoms with Gasteiger partial charge in [-0.3, -0.25) is 14.5 Å². The van der Waals surface area contributed by atoms with E-state index < -0.39 is 0 Å². The number of nitrogen functional groups attached to an aromatic ring is 1. The fourth-order valence-corrected chi connectivity index (χ4v) is 2.82. The summed E-state index contributed by atoms with van der Waals surface area (Å²) in [6.07, 6.45) is 6.02. The number of likely N-dealkylation sites (tertiary alicyclic amines) is 1. The first-order valence-corrected chi connectivity index (χ1v) is 8.20. The smallest absolute Gasteiger partial charge is 0.253 e. The lowest BCUT2D eigenvalue weighted by Crippen LogP contribution is -2.43. The summed E-state index contributed by atoms with van der Waals surface area (Å²) in [6, 6.07) is 2.94. The summed E-state index contributed by atoms with van der Waals surface area (Å²) in [5, 5.41) is 5.85. The molecule has 1 saturated heterocycles. The van der Waals surface area contributed by atoms with Gasteiger partial charge in [0.05, 0.1) is 11.6 Å². The Morgan fingerprint density at radius 1 is 1.46 bits per heavy atom. The highest BCUT2D eigenvalue weighted by Gasteiger charge is 2.36. The van der Waals surface area contributed by atoms with Gasteiger partial charge in [-0.25, -0.2) is 4.98 Å². The standard InChI is InChI=1S/C17H25N5O2/c1-3-5-8-22-11-13(9-14(22)17(24)19-4-2)21-16(23)12-6-7-15(18)20-10-12/h3,5-7,10,13-14H,4,8-9,11H2,1-2H3,(H2,18,20)(H,19,24)(H,21,23)/t13-,14-/m0/s1. The molecule has 2 amide bonds. The minimum absolute atomic E-state index is 0.00732. The number of nitrogens with two attached hydrogens (primary N) is 1. The van der Waals surface area contributed by atoms with Crippen LogP contribution in [-0.4, -0.2) is 53.4 Å². The van der Waals surface area contributed by atoms with Crippen molar-refractivity contribution in [3.05, 3.63) is 36.0 Å². The number of carbonyl (C=O) groups excluding carboxylic acids is 2. The number of rotatable bonds is 6. The molecular formula is C17H25N5O2. The van der Waals surface area contributed by atoms with Gasteiger partial charge >= 0.3 is 0 Å². The molecule has 0 aliphatic carbocycles. The van der Waals surface area contributed by atoms with Gasteiger partial charge in [-0.2, -0.15) is 0 Å². The number of pyridine rings is 1. The normalized spacial score (nSPS) is 21.1. The van der Waals surface area contributed by atoms with E-state index in [0.717, 1.165) is 0 Å². The molecule has 0 radical (unpaired) electrons. The molecule has 7 heteroatoms. The second-order valence-corrected chi connectivity index (χ2v) is 5.81. The average Bonchev–Trinajstić information content (AvgIpc) is 2.96. The van der Waals surface area contributed by atoms with Crippen molar-refractivity contribution in [1.29, 1.82) is 0 Å². The summed E-state index contributed by atoms with van der Waals surface area (Å²) >= 11 is 0. The average molecular weight is 331 g/mol. The van der Waals surface area contributed by atoms with Crippen molar-refractivity contribution in [2.45, 2.75) is 32.4 Å². The van der Waals surface area contributed by atoms with E-state index in [9.17, 15) is 9.59 Å². The van der Waals surface area contributed by atoms with Gasteiger partial charge in [-0.15, -0.1) is 0 Å². The number of carbonyl (C=O) groups is 2. The number of amides is 2. The predicted octanol–water partition coefficient (Wildman–Crippen LogP) is 0.549. The zero-order chi connectivity index (χ0) is 17.5. The minimum atomic E-state index is -0.226. The van der Waals surface area contributed by atoms with Crippen molar-refractivity contribution in [3.8, 4) is 0 Å². The third kappa shape index (κ3) is 4.55. The number of hydrogen-bond donors (Lipinski definition) is 3. The van der Waals surface area contributed by atoms with E-state index in [1.165, 1.54) is 6.20 Å². The lowest BCUT2D eigenvalue weighted by molar-refractivity contribution is -0.125. The quantitative estimate of drug-likeness (QED) is 0.661. The molecule has 0 unspecified atom stereocenters. The number of likely N-dealkylation sites (N-methyl/N-ethyl adjacent to an activating group) is 1. The number of anilines is 1. The second kappa shape index (κ2) is 8.44. The van der Waals surface area contributed by atoms with E-state index in [0.29, 0.717) is 37.4 Å². The number of aromatic nitrogens is 1. The first-order chi connectivity index (χ1) is 11.5. The van der Waals surface area contributed by atoms with Crippen LogP contribution in [0.4, 0.5) is 5.82 Å². The van der Waals surface area contributed by atoms with Gasteiger partial charge in [0.15, 0.2) is 0 Å². The number of hydrogen-bond acceptors (Lipinski definition) is 5. The van der Waals surface area contributed by atoms with Crippen LogP contribution in [0.1, 0.15) is 30.6 Å². The molecule has 1 aliphatic heterocycles. The second-order valence-electron chi connectivity index (χ2n) is 5.81. The molecule has 7 nitrogen and oxygen atoms in total. The van der Waals surface area contributed by atoms with Crippen LogP contribution in [0.15, 0.2) is 30.5 Å². The molecule has 1 fully saturated rings. The van der Waals surface area contributed by atoms with Gasteiger partial charge in [0.1, 0.15) is 5.82 Å². The van der Waals surface area contributed by atoms with E-state index in [1.807, 2.05) is 26.0 Å². The molecule has 1 aromatic rings. The summed E-state index contributed by atoms with van der Waals surface area (Å²) in [6.45, 7) is 5.77. The van der Waals surface area contributed by atoms with Crippen LogP contribution in [0, 0.1) is 0 Å². The van der Waals surface area contributed by atoms with Crippen LogP contribution in [0.5, 0.6) is 0 Å². The molecule has 2 heterocycles. The molecular weight excluding hydrogens is 306 g/mol. The molecule has 2 rings (SSSR count). The van der Waals surface area contributed by atoms with Gasteiger partial charge in [0.2, 0.25) is 5.91 Å². The number of nitrogens with zero attached hydrogens (tertiary/aromatic N) is 2. The maximum atomic E-state index is 12.3. The maximum absolute atomic E-state index is 12.3. The van der Waals surface area contributed by atoms with Crippen molar-refractivity contribution < 1.29 is 9.59 Å². The Morgan fingerprint density at radius 2 is 2.25 bits per heavy atom. The highest BCUT2D eigenvalue weighted by Crippen LogP contribution is 2.18. The predicted molar refractivity (Wildman–Crippen MR) is 93.4 cm³/mol. The van der Waals surface area contributed by atoms with Gasteiger partial charge in [0.25, 0.3) is 5.91 Å². The third-order valence-electron chi connectivity index (χ3n) is 4.02. The molecule has 1 aliphatic rings. The highest BCUT2D eigenvalue weighted by atomic mass is 16.2. The zero-order valence-electron chi connectivity index (χ0n) is 14.2. The van der Waals surface area contributed by atoms with Gasteiger partial charge < -0.3 is 16.4 Å². The zero-order valence-corrected chi connectivity index (χ0v) is 14.2. The molecule has 130 valence electrons. The van der Waals surface area contributed by atoms with E-state index in [2.05, 4.69) is 20.5 Å². The Kier molecular flexibility index (Phi) is 6.31. The fourth-order valence-electron chi connectivity index (χ4n) is 2.82. The molecule has 4 N–H and O–H groups in total. The Balaban J connectivity index is 2.01. The van der Waals surface area contributed by atoms with Crippen molar-refractivity contribution in [1.82, 2.24) is 20.5 Å². The van der Waals surface area contributed by atoms with E-state index in [4.69, 9.17) is 5.73 Å². The molecule has 0 spiro atoms. The number of allylic oxidation sites excluding steroid dienone is 1. The van der Waals surface area contributed by atoms with Crippen molar-refractivity contribution >= 4 is 17.6 Å². The maximum Gasteiger partial charge on any atom is 0.253 e. The van der Waals surface area contributed by atoms with Crippen LogP contribution >= 0.6 is 0 Å². The van der Waals surface area contributed by atoms with E-state index in [1.54, 1.807) is 12.1 Å². The van der Waals surface area contributed by atoms with Crippen molar-refractivity contribution in [3.63, 3.8) is 0 Å². The van der Waals surface area contributed by atoms with Crippen LogP contribution in [-0.2, 0) is 4.79 Å². The molecule has 0 bridgehead atoms. The fraction of sp³-hybridized carbons (Fsp3) is 0.471. The Morgan fingerprint density at radius 3 is 2.88 bits per heavy atom. The lowest BCUT2D eigenvalue weighted by Gasteiger charge is -2.21. The summed E-state index contributed by atoms with van der Waals surface area (Å²) < 4.78 is 0. The lowest BCUT2D eigenvalue weighted by atomic mass is 10.1. The Labute approximate surface area is 142 Å². The van der Waals surface area contributed by atoms with E-state index in [-0.39, 0.29) is 23.9 Å². The topological polar surface area (TPSA) is 100 Å². The molecule has 0 aromatic carbocycles. The van der Waals surface area contributed by atoms with Crippen LogP contribution in [0.3, 0.4) is 0 Å². The Bertz CT molecular complexity index is 600. The molecule has 1 aromatic heterocycles. The summed E-state index contributed by atoms with van der Waals surface area (Å²) in [4.78, 5) is 30.6. The van der Waals surface area contributed by atoms with Crippen molar-refractivity contribution in [2.75, 3.05) is 25.4 Å².